The lowest BCUT2D eigenvalue weighted by molar-refractivity contribution is -0.143. The monoisotopic (exact) mass is 396 g/mol. The molecule has 3 nitrogen and oxygen atoms in total. The molecule has 1 atom stereocenters. The number of hydrogen-bond acceptors (Lipinski definition) is 5. The third kappa shape index (κ3) is 4.04. The molecule has 1 unspecified atom stereocenters. The molecule has 0 N–H and O–H groups in total. The molecule has 0 saturated carbocycles. The van der Waals surface area contributed by atoms with Crippen molar-refractivity contribution in [2.75, 3.05) is 6.61 Å². The highest BCUT2D eigenvalue weighted by Gasteiger charge is 2.30. The lowest BCUT2D eigenvalue weighted by atomic mass is 9.98. The maximum atomic E-state index is 12.2. The minimum atomic E-state index is -0.227. The van der Waals surface area contributed by atoms with Crippen LogP contribution in [0, 0.1) is 6.92 Å². The molecule has 1 aromatic carbocycles. The quantitative estimate of drug-likeness (QED) is 0.507. The number of carbonyl (C=O) groups is 2. The van der Waals surface area contributed by atoms with Gasteiger partial charge in [0.25, 0.3) is 0 Å². The predicted molar refractivity (Wildman–Crippen MR) is 110 cm³/mol. The van der Waals surface area contributed by atoms with Crippen LogP contribution in [0.1, 0.15) is 44.4 Å². The molecule has 5 heteroatoms. The van der Waals surface area contributed by atoms with Crippen LogP contribution < -0.4 is 0 Å². The second-order valence-electron chi connectivity index (χ2n) is 6.76. The summed E-state index contributed by atoms with van der Waals surface area (Å²) >= 11 is 3.54. The number of thiophene rings is 2. The van der Waals surface area contributed by atoms with Gasteiger partial charge in [-0.25, -0.2) is 0 Å². The van der Waals surface area contributed by atoms with Crippen LogP contribution in [0.4, 0.5) is 0 Å². The van der Waals surface area contributed by atoms with E-state index in [1.165, 1.54) is 19.5 Å². The summed E-state index contributed by atoms with van der Waals surface area (Å²) in [6, 6.07) is 16.1. The van der Waals surface area contributed by atoms with E-state index in [0.717, 1.165) is 17.5 Å². The van der Waals surface area contributed by atoms with Crippen LogP contribution in [0.15, 0.2) is 48.5 Å². The molecule has 0 fully saturated rings. The van der Waals surface area contributed by atoms with Crippen molar-refractivity contribution in [3.05, 3.63) is 69.4 Å². The fourth-order valence-electron chi connectivity index (χ4n) is 3.47. The van der Waals surface area contributed by atoms with E-state index in [9.17, 15) is 9.59 Å². The molecule has 4 rings (SSSR count). The van der Waals surface area contributed by atoms with Crippen LogP contribution in [0.2, 0.25) is 0 Å². The van der Waals surface area contributed by atoms with E-state index in [-0.39, 0.29) is 24.1 Å². The van der Waals surface area contributed by atoms with Crippen LogP contribution in [0.3, 0.4) is 0 Å². The molecule has 0 bridgehead atoms. The van der Waals surface area contributed by atoms with Crippen molar-refractivity contribution in [3.8, 4) is 9.75 Å². The van der Waals surface area contributed by atoms with Crippen molar-refractivity contribution >= 4 is 34.4 Å². The Balaban J connectivity index is 1.28. The first-order chi connectivity index (χ1) is 13.1. The number of hydrogen-bond donors (Lipinski definition) is 0. The zero-order valence-corrected chi connectivity index (χ0v) is 16.7. The second kappa shape index (κ2) is 7.79. The van der Waals surface area contributed by atoms with E-state index in [1.54, 1.807) is 22.7 Å². The number of aryl methyl sites for hydroxylation is 1. The summed E-state index contributed by atoms with van der Waals surface area (Å²) in [4.78, 5) is 29.3. The van der Waals surface area contributed by atoms with E-state index in [0.29, 0.717) is 13.0 Å². The molecular weight excluding hydrogens is 376 g/mol. The lowest BCUT2D eigenvalue weighted by Crippen LogP contribution is -2.11. The van der Waals surface area contributed by atoms with Crippen molar-refractivity contribution < 1.29 is 14.3 Å². The van der Waals surface area contributed by atoms with Crippen LogP contribution in [-0.4, -0.2) is 18.4 Å². The average Bonchev–Trinajstić information content (AvgIpc) is 3.36. The summed E-state index contributed by atoms with van der Waals surface area (Å²) in [7, 11) is 0. The topological polar surface area (TPSA) is 43.4 Å². The van der Waals surface area contributed by atoms with Gasteiger partial charge in [-0.1, -0.05) is 24.3 Å². The minimum Gasteiger partial charge on any atom is -0.465 e. The first-order valence-electron chi connectivity index (χ1n) is 9.03. The Morgan fingerprint density at radius 3 is 2.67 bits per heavy atom. The standard InChI is InChI=1S/C22H20O3S2/c1-14-6-8-20(26-14)21-9-7-16(27-21)10-11-25-22(24)13-15-12-19(23)18-5-3-2-4-17(15)18/h2-9,15H,10-13H2,1H3. The summed E-state index contributed by atoms with van der Waals surface area (Å²) in [5.74, 6) is -0.148. The van der Waals surface area contributed by atoms with E-state index in [2.05, 4.69) is 31.2 Å². The van der Waals surface area contributed by atoms with Gasteiger partial charge < -0.3 is 4.74 Å². The van der Waals surface area contributed by atoms with Crippen LogP contribution in [0.5, 0.6) is 0 Å². The first-order valence-corrected chi connectivity index (χ1v) is 10.7. The number of fused-ring (bicyclic) bond motifs is 1. The number of benzene rings is 1. The number of carbonyl (C=O) groups excluding carboxylic acids is 2. The Kier molecular flexibility index (Phi) is 5.23. The second-order valence-corrected chi connectivity index (χ2v) is 9.22. The predicted octanol–water partition coefficient (Wildman–Crippen LogP) is 5.63. The third-order valence-electron chi connectivity index (χ3n) is 4.80. The average molecular weight is 397 g/mol. The zero-order chi connectivity index (χ0) is 18.8. The van der Waals surface area contributed by atoms with E-state index in [4.69, 9.17) is 4.74 Å². The van der Waals surface area contributed by atoms with Gasteiger partial charge in [0, 0.05) is 43.8 Å². The Bertz CT molecular complexity index is 983. The van der Waals surface area contributed by atoms with Crippen molar-refractivity contribution in [2.24, 2.45) is 0 Å². The summed E-state index contributed by atoms with van der Waals surface area (Å²) in [5.41, 5.74) is 1.74. The fraction of sp³-hybridized carbons (Fsp3) is 0.273. The Morgan fingerprint density at radius 1 is 1.07 bits per heavy atom. The zero-order valence-electron chi connectivity index (χ0n) is 15.1. The van der Waals surface area contributed by atoms with Crippen LogP contribution >= 0.6 is 22.7 Å². The fourth-order valence-corrected chi connectivity index (χ4v) is 5.42. The number of rotatable bonds is 6. The van der Waals surface area contributed by atoms with Gasteiger partial charge in [0.1, 0.15) is 0 Å². The maximum absolute atomic E-state index is 12.2. The molecule has 27 heavy (non-hydrogen) atoms. The van der Waals surface area contributed by atoms with Gasteiger partial charge >= 0.3 is 5.97 Å². The molecule has 0 spiro atoms. The summed E-state index contributed by atoms with van der Waals surface area (Å²) in [5, 5.41) is 0. The van der Waals surface area contributed by atoms with Gasteiger partial charge in [-0.3, -0.25) is 9.59 Å². The lowest BCUT2D eigenvalue weighted by Gasteiger charge is -2.10. The molecule has 0 aliphatic heterocycles. The molecule has 3 aromatic rings. The summed E-state index contributed by atoms with van der Waals surface area (Å²) in [6.07, 6.45) is 1.40. The highest BCUT2D eigenvalue weighted by Crippen LogP contribution is 2.36. The number of ether oxygens (including phenoxy) is 1. The van der Waals surface area contributed by atoms with Gasteiger partial charge in [-0.2, -0.15) is 0 Å². The first kappa shape index (κ1) is 18.1. The Morgan fingerprint density at radius 2 is 1.85 bits per heavy atom. The SMILES string of the molecule is Cc1ccc(-c2ccc(CCOC(=O)CC3CC(=O)c4ccccc43)s2)s1. The largest absolute Gasteiger partial charge is 0.465 e. The maximum Gasteiger partial charge on any atom is 0.306 e. The van der Waals surface area contributed by atoms with E-state index < -0.39 is 0 Å². The summed E-state index contributed by atoms with van der Waals surface area (Å²) < 4.78 is 5.44. The molecule has 1 aliphatic rings. The highest BCUT2D eigenvalue weighted by molar-refractivity contribution is 7.22. The van der Waals surface area contributed by atoms with Crippen molar-refractivity contribution in [1.29, 1.82) is 0 Å². The van der Waals surface area contributed by atoms with Gasteiger partial charge in [-0.15, -0.1) is 22.7 Å². The molecule has 0 saturated heterocycles. The number of esters is 1. The highest BCUT2D eigenvalue weighted by atomic mass is 32.1. The van der Waals surface area contributed by atoms with E-state index >= 15 is 0 Å². The van der Waals surface area contributed by atoms with Gasteiger partial charge in [0.05, 0.1) is 13.0 Å². The molecule has 1 aliphatic carbocycles. The number of ketones is 1. The summed E-state index contributed by atoms with van der Waals surface area (Å²) in [6.45, 7) is 2.49. The molecule has 0 radical (unpaired) electrons. The minimum absolute atomic E-state index is 0.0448. The molecule has 0 amide bonds. The van der Waals surface area contributed by atoms with E-state index in [1.807, 2.05) is 24.3 Å². The van der Waals surface area contributed by atoms with Crippen molar-refractivity contribution in [1.82, 2.24) is 0 Å². The Hall–Kier alpha value is -2.24. The van der Waals surface area contributed by atoms with Gasteiger partial charge in [0.2, 0.25) is 0 Å². The van der Waals surface area contributed by atoms with Gasteiger partial charge in [-0.05, 0) is 36.8 Å². The van der Waals surface area contributed by atoms with Gasteiger partial charge in [0.15, 0.2) is 5.78 Å². The smallest absolute Gasteiger partial charge is 0.306 e. The molecule has 138 valence electrons. The normalized spacial score (nSPS) is 15.7. The van der Waals surface area contributed by atoms with Crippen molar-refractivity contribution in [3.63, 3.8) is 0 Å². The van der Waals surface area contributed by atoms with Crippen molar-refractivity contribution in [2.45, 2.75) is 32.1 Å². The third-order valence-corrected chi connectivity index (χ3v) is 7.14. The molecule has 2 heterocycles. The van der Waals surface area contributed by atoms with Crippen LogP contribution in [-0.2, 0) is 16.0 Å². The molecular formula is C22H20O3S2. The molecule has 2 aromatic heterocycles. The Labute approximate surface area is 166 Å². The van der Waals surface area contributed by atoms with Crippen LogP contribution in [0.25, 0.3) is 9.75 Å². The number of Topliss-reactive ketones (excluding diaryl/α,β-unsaturated/α-hetero) is 1.